The van der Waals surface area contributed by atoms with Crippen molar-refractivity contribution in [2.24, 2.45) is 5.73 Å². The molecule has 2 N–H and O–H groups in total. The molecule has 2 aliphatic rings. The summed E-state index contributed by atoms with van der Waals surface area (Å²) in [5.74, 6) is -0.256. The molecular formula is C15H20FN3S. The lowest BCUT2D eigenvalue weighted by Gasteiger charge is -2.37. The zero-order chi connectivity index (χ0) is 14.1. The Hall–Kier alpha value is -1.04. The van der Waals surface area contributed by atoms with Gasteiger partial charge in [-0.05, 0) is 25.5 Å². The van der Waals surface area contributed by atoms with E-state index in [1.165, 1.54) is 19.4 Å². The third-order valence-corrected chi connectivity index (χ3v) is 4.63. The Bertz CT molecular complexity index is 520. The Morgan fingerprint density at radius 3 is 3.00 bits per heavy atom. The normalized spacial score (nSPS) is 23.8. The number of thiocarbonyl (C=S) groups is 1. The lowest BCUT2D eigenvalue weighted by Crippen LogP contribution is -2.49. The molecule has 0 aliphatic carbocycles. The fraction of sp³-hybridized carbons (Fsp3) is 0.533. The summed E-state index contributed by atoms with van der Waals surface area (Å²) in [4.78, 5) is 5.02. The van der Waals surface area contributed by atoms with Crippen LogP contribution in [0.4, 0.5) is 4.39 Å². The van der Waals surface area contributed by atoms with Crippen LogP contribution in [0.2, 0.25) is 0 Å². The summed E-state index contributed by atoms with van der Waals surface area (Å²) in [5.41, 5.74) is 6.61. The summed E-state index contributed by atoms with van der Waals surface area (Å²) in [6.07, 6.45) is 2.57. The van der Waals surface area contributed by atoms with E-state index in [1.54, 1.807) is 6.07 Å². The monoisotopic (exact) mass is 293 g/mol. The average molecular weight is 293 g/mol. The molecule has 2 fully saturated rings. The molecule has 1 aromatic rings. The van der Waals surface area contributed by atoms with Gasteiger partial charge in [0.1, 0.15) is 10.8 Å². The van der Waals surface area contributed by atoms with Crippen LogP contribution in [0.25, 0.3) is 0 Å². The zero-order valence-corrected chi connectivity index (χ0v) is 12.3. The highest BCUT2D eigenvalue weighted by Gasteiger charge is 2.30. The summed E-state index contributed by atoms with van der Waals surface area (Å²) < 4.78 is 14.3. The van der Waals surface area contributed by atoms with Crippen molar-refractivity contribution < 1.29 is 4.39 Å². The van der Waals surface area contributed by atoms with E-state index >= 15 is 0 Å². The van der Waals surface area contributed by atoms with E-state index in [9.17, 15) is 4.39 Å². The first-order valence-electron chi connectivity index (χ1n) is 7.19. The maximum Gasteiger partial charge on any atom is 0.137 e. The maximum atomic E-state index is 14.3. The highest BCUT2D eigenvalue weighted by Crippen LogP contribution is 2.23. The number of piperazine rings is 1. The number of halogens is 1. The van der Waals surface area contributed by atoms with Gasteiger partial charge in [-0.1, -0.05) is 24.4 Å². The summed E-state index contributed by atoms with van der Waals surface area (Å²) >= 11 is 4.89. The first kappa shape index (κ1) is 13.9. The van der Waals surface area contributed by atoms with Gasteiger partial charge in [0.25, 0.3) is 0 Å². The lowest BCUT2D eigenvalue weighted by atomic mass is 10.1. The molecule has 3 nitrogen and oxygen atoms in total. The molecule has 2 aliphatic heterocycles. The van der Waals surface area contributed by atoms with Crippen LogP contribution in [0, 0.1) is 5.82 Å². The Morgan fingerprint density at radius 2 is 2.20 bits per heavy atom. The minimum absolute atomic E-state index is 0.130. The van der Waals surface area contributed by atoms with Crippen LogP contribution in [0.1, 0.15) is 24.0 Å². The molecule has 1 unspecified atom stereocenters. The second kappa shape index (κ2) is 5.76. The third-order valence-electron chi connectivity index (χ3n) is 4.41. The molecule has 20 heavy (non-hydrogen) atoms. The van der Waals surface area contributed by atoms with Crippen molar-refractivity contribution in [1.82, 2.24) is 9.80 Å². The molecule has 3 rings (SSSR count). The van der Waals surface area contributed by atoms with Crippen molar-refractivity contribution in [2.45, 2.75) is 25.4 Å². The van der Waals surface area contributed by atoms with Crippen LogP contribution in [0.15, 0.2) is 18.2 Å². The van der Waals surface area contributed by atoms with Crippen LogP contribution in [-0.4, -0.2) is 47.0 Å². The van der Waals surface area contributed by atoms with E-state index in [0.29, 0.717) is 23.7 Å². The summed E-state index contributed by atoms with van der Waals surface area (Å²) in [7, 11) is 0. The van der Waals surface area contributed by atoms with E-state index < -0.39 is 0 Å². The summed E-state index contributed by atoms with van der Waals surface area (Å²) in [5, 5.41) is 0. The number of rotatable bonds is 3. The second-order valence-electron chi connectivity index (χ2n) is 5.71. The van der Waals surface area contributed by atoms with Gasteiger partial charge in [0.15, 0.2) is 0 Å². The average Bonchev–Trinajstić information content (AvgIpc) is 2.88. The first-order chi connectivity index (χ1) is 9.65. The van der Waals surface area contributed by atoms with Crippen molar-refractivity contribution in [3.63, 3.8) is 0 Å². The molecule has 1 atom stereocenters. The highest BCUT2D eigenvalue weighted by molar-refractivity contribution is 7.80. The van der Waals surface area contributed by atoms with Gasteiger partial charge in [-0.2, -0.15) is 0 Å². The van der Waals surface area contributed by atoms with Crippen molar-refractivity contribution in [1.29, 1.82) is 0 Å². The SMILES string of the molecule is NC(=S)c1cccc(CN2CCN3CCCC3C2)c1F. The molecule has 0 aromatic heterocycles. The van der Waals surface area contributed by atoms with E-state index in [0.717, 1.165) is 19.6 Å². The van der Waals surface area contributed by atoms with Crippen LogP contribution >= 0.6 is 12.2 Å². The molecule has 2 heterocycles. The number of hydrogen-bond acceptors (Lipinski definition) is 3. The van der Waals surface area contributed by atoms with E-state index in [4.69, 9.17) is 18.0 Å². The van der Waals surface area contributed by atoms with Crippen molar-refractivity contribution >= 4 is 17.2 Å². The quantitative estimate of drug-likeness (QED) is 0.861. The van der Waals surface area contributed by atoms with Gasteiger partial charge in [-0.3, -0.25) is 9.80 Å². The number of nitrogens with two attached hydrogens (primary N) is 1. The molecule has 2 saturated heterocycles. The number of hydrogen-bond donors (Lipinski definition) is 1. The van der Waals surface area contributed by atoms with Crippen LogP contribution < -0.4 is 5.73 Å². The molecule has 0 amide bonds. The van der Waals surface area contributed by atoms with E-state index in [1.807, 2.05) is 12.1 Å². The first-order valence-corrected chi connectivity index (χ1v) is 7.59. The van der Waals surface area contributed by atoms with Crippen molar-refractivity contribution in [2.75, 3.05) is 26.2 Å². The molecule has 5 heteroatoms. The zero-order valence-electron chi connectivity index (χ0n) is 11.5. The van der Waals surface area contributed by atoms with Crippen molar-refractivity contribution in [3.8, 4) is 0 Å². The van der Waals surface area contributed by atoms with Gasteiger partial charge in [0, 0.05) is 43.3 Å². The smallest absolute Gasteiger partial charge is 0.137 e. The van der Waals surface area contributed by atoms with Gasteiger partial charge in [-0.25, -0.2) is 4.39 Å². The van der Waals surface area contributed by atoms with Gasteiger partial charge in [0.05, 0.1) is 0 Å². The van der Waals surface area contributed by atoms with Gasteiger partial charge >= 0.3 is 0 Å². The van der Waals surface area contributed by atoms with Gasteiger partial charge < -0.3 is 5.73 Å². The highest BCUT2D eigenvalue weighted by atomic mass is 32.1. The largest absolute Gasteiger partial charge is 0.389 e. The molecule has 0 radical (unpaired) electrons. The fourth-order valence-corrected chi connectivity index (χ4v) is 3.49. The molecular weight excluding hydrogens is 273 g/mol. The predicted octanol–water partition coefficient (Wildman–Crippen LogP) is 1.74. The van der Waals surface area contributed by atoms with Gasteiger partial charge in [0.2, 0.25) is 0 Å². The minimum atomic E-state index is -0.256. The molecule has 0 bridgehead atoms. The second-order valence-corrected chi connectivity index (χ2v) is 6.15. The van der Waals surface area contributed by atoms with Crippen LogP contribution in [-0.2, 0) is 6.54 Å². The number of fused-ring (bicyclic) bond motifs is 1. The minimum Gasteiger partial charge on any atom is -0.389 e. The number of benzene rings is 1. The standard InChI is InChI=1S/C15H20FN3S/c16-14-11(3-1-5-13(14)15(17)20)9-18-7-8-19-6-2-4-12(19)10-18/h1,3,5,12H,2,4,6-10H2,(H2,17,20). The van der Waals surface area contributed by atoms with Crippen molar-refractivity contribution in [3.05, 3.63) is 35.1 Å². The van der Waals surface area contributed by atoms with Crippen LogP contribution in [0.3, 0.4) is 0 Å². The Labute approximate surface area is 124 Å². The molecule has 1 aromatic carbocycles. The van der Waals surface area contributed by atoms with Gasteiger partial charge in [-0.15, -0.1) is 0 Å². The van der Waals surface area contributed by atoms with E-state index in [-0.39, 0.29) is 10.8 Å². The molecule has 0 spiro atoms. The Balaban J connectivity index is 1.72. The lowest BCUT2D eigenvalue weighted by molar-refractivity contribution is 0.0985. The van der Waals surface area contributed by atoms with Crippen LogP contribution in [0.5, 0.6) is 0 Å². The summed E-state index contributed by atoms with van der Waals surface area (Å²) in [6.45, 7) is 5.02. The fourth-order valence-electron chi connectivity index (χ4n) is 3.33. The molecule has 0 saturated carbocycles. The Kier molecular flexibility index (Phi) is 4.01. The molecule has 108 valence electrons. The maximum absolute atomic E-state index is 14.3. The predicted molar refractivity (Wildman–Crippen MR) is 82.2 cm³/mol. The summed E-state index contributed by atoms with van der Waals surface area (Å²) in [6, 6.07) is 5.97. The third kappa shape index (κ3) is 2.71. The topological polar surface area (TPSA) is 32.5 Å². The Morgan fingerprint density at radius 1 is 1.35 bits per heavy atom. The van der Waals surface area contributed by atoms with E-state index in [2.05, 4.69) is 9.80 Å². The number of nitrogens with zero attached hydrogens (tertiary/aromatic N) is 2.